The van der Waals surface area contributed by atoms with E-state index in [-0.39, 0.29) is 10.9 Å². The number of anilines is 1. The molecule has 1 aromatic heterocycles. The van der Waals surface area contributed by atoms with E-state index in [9.17, 15) is 0 Å². The average Bonchev–Trinajstić information content (AvgIpc) is 2.42. The minimum Gasteiger partial charge on any atom is -0.348 e. The third kappa shape index (κ3) is 1.81. The molecule has 0 N–H and O–H groups in total. The van der Waals surface area contributed by atoms with Crippen LogP contribution in [0.5, 0.6) is 0 Å². The standard InChI is InChI=1S/C11H16ClN3/c1-8-6-10(14-13-7-8)15-5-4-9(12)11(15,2)3/h6-7,9H,4-5H2,1-3H3. The van der Waals surface area contributed by atoms with Gasteiger partial charge in [0.1, 0.15) is 0 Å². The van der Waals surface area contributed by atoms with Gasteiger partial charge in [-0.25, -0.2) is 0 Å². The fourth-order valence-corrected chi connectivity index (χ4v) is 2.26. The molecule has 4 heteroatoms. The molecule has 15 heavy (non-hydrogen) atoms. The van der Waals surface area contributed by atoms with Crippen LogP contribution in [0.3, 0.4) is 0 Å². The fraction of sp³-hybridized carbons (Fsp3) is 0.636. The second-order valence-electron chi connectivity index (χ2n) is 4.65. The zero-order valence-corrected chi connectivity index (χ0v) is 10.1. The lowest BCUT2D eigenvalue weighted by atomic mass is 10.0. The van der Waals surface area contributed by atoms with E-state index in [4.69, 9.17) is 11.6 Å². The number of aromatic nitrogens is 2. The molecule has 0 amide bonds. The largest absolute Gasteiger partial charge is 0.348 e. The highest BCUT2D eigenvalue weighted by molar-refractivity contribution is 6.22. The highest BCUT2D eigenvalue weighted by atomic mass is 35.5. The Labute approximate surface area is 95.5 Å². The maximum atomic E-state index is 6.30. The second kappa shape index (κ2) is 3.63. The maximum absolute atomic E-state index is 6.30. The van der Waals surface area contributed by atoms with Crippen LogP contribution < -0.4 is 4.90 Å². The molecule has 1 aliphatic rings. The molecule has 1 fully saturated rings. The molecule has 0 bridgehead atoms. The molecule has 1 saturated heterocycles. The Morgan fingerprint density at radius 3 is 2.80 bits per heavy atom. The van der Waals surface area contributed by atoms with Crippen molar-refractivity contribution in [1.29, 1.82) is 0 Å². The van der Waals surface area contributed by atoms with Gasteiger partial charge in [0.15, 0.2) is 5.82 Å². The summed E-state index contributed by atoms with van der Waals surface area (Å²) < 4.78 is 0. The monoisotopic (exact) mass is 225 g/mol. The molecule has 2 heterocycles. The summed E-state index contributed by atoms with van der Waals surface area (Å²) in [7, 11) is 0. The Morgan fingerprint density at radius 1 is 1.53 bits per heavy atom. The van der Waals surface area contributed by atoms with Gasteiger partial charge in [-0.05, 0) is 38.8 Å². The minimum atomic E-state index is -0.0377. The molecule has 82 valence electrons. The Hall–Kier alpha value is -0.830. The molecular formula is C11H16ClN3. The summed E-state index contributed by atoms with van der Waals surface area (Å²) in [6, 6.07) is 2.06. The van der Waals surface area contributed by atoms with E-state index in [1.807, 2.05) is 6.92 Å². The molecule has 1 atom stereocenters. The third-order valence-corrected chi connectivity index (χ3v) is 3.88. The molecule has 0 aliphatic carbocycles. The van der Waals surface area contributed by atoms with E-state index in [0.29, 0.717) is 0 Å². The predicted octanol–water partition coefficient (Wildman–Crippen LogP) is 2.38. The van der Waals surface area contributed by atoms with Crippen molar-refractivity contribution < 1.29 is 0 Å². The number of aryl methyl sites for hydroxylation is 1. The Morgan fingerprint density at radius 2 is 2.27 bits per heavy atom. The topological polar surface area (TPSA) is 29.0 Å². The Balaban J connectivity index is 2.32. The average molecular weight is 226 g/mol. The SMILES string of the molecule is Cc1cnnc(N2CCC(Cl)C2(C)C)c1. The number of halogens is 1. The molecule has 0 spiro atoms. The molecule has 1 aromatic rings. The zero-order valence-electron chi connectivity index (χ0n) is 9.37. The number of hydrogen-bond acceptors (Lipinski definition) is 3. The summed E-state index contributed by atoms with van der Waals surface area (Å²) in [5, 5.41) is 8.33. The van der Waals surface area contributed by atoms with Crippen molar-refractivity contribution in [3.05, 3.63) is 17.8 Å². The van der Waals surface area contributed by atoms with Crippen LogP contribution in [0.4, 0.5) is 5.82 Å². The van der Waals surface area contributed by atoms with Crippen LogP contribution in [0.15, 0.2) is 12.3 Å². The van der Waals surface area contributed by atoms with Crippen molar-refractivity contribution >= 4 is 17.4 Å². The van der Waals surface area contributed by atoms with Crippen molar-refractivity contribution in [2.24, 2.45) is 0 Å². The first-order valence-corrected chi connectivity index (χ1v) is 5.66. The summed E-state index contributed by atoms with van der Waals surface area (Å²) >= 11 is 6.30. The fourth-order valence-electron chi connectivity index (χ4n) is 2.04. The van der Waals surface area contributed by atoms with Crippen molar-refractivity contribution in [3.63, 3.8) is 0 Å². The summed E-state index contributed by atoms with van der Waals surface area (Å²) in [6.07, 6.45) is 2.77. The van der Waals surface area contributed by atoms with Gasteiger partial charge in [-0.15, -0.1) is 16.7 Å². The normalized spacial score (nSPS) is 24.5. The van der Waals surface area contributed by atoms with Gasteiger partial charge in [-0.2, -0.15) is 5.10 Å². The molecule has 0 radical (unpaired) electrons. The number of alkyl halides is 1. The highest BCUT2D eigenvalue weighted by Gasteiger charge is 2.40. The summed E-state index contributed by atoms with van der Waals surface area (Å²) in [4.78, 5) is 2.24. The lowest BCUT2D eigenvalue weighted by Gasteiger charge is -2.34. The summed E-state index contributed by atoms with van der Waals surface area (Å²) in [5.74, 6) is 0.933. The van der Waals surface area contributed by atoms with E-state index in [2.05, 4.69) is 35.0 Å². The Bertz CT molecular complexity index is 365. The molecule has 3 nitrogen and oxygen atoms in total. The van der Waals surface area contributed by atoms with E-state index >= 15 is 0 Å². The molecule has 1 unspecified atom stereocenters. The van der Waals surface area contributed by atoms with Gasteiger partial charge >= 0.3 is 0 Å². The molecular weight excluding hydrogens is 210 g/mol. The van der Waals surface area contributed by atoms with Gasteiger partial charge in [0.2, 0.25) is 0 Å². The van der Waals surface area contributed by atoms with Crippen LogP contribution in [-0.2, 0) is 0 Å². The van der Waals surface area contributed by atoms with Crippen molar-refractivity contribution in [1.82, 2.24) is 10.2 Å². The summed E-state index contributed by atoms with van der Waals surface area (Å²) in [5.41, 5.74) is 1.10. The van der Waals surface area contributed by atoms with Crippen molar-refractivity contribution in [3.8, 4) is 0 Å². The van der Waals surface area contributed by atoms with Crippen molar-refractivity contribution in [2.45, 2.75) is 38.1 Å². The van der Waals surface area contributed by atoms with Gasteiger partial charge in [-0.1, -0.05) is 0 Å². The number of nitrogens with zero attached hydrogens (tertiary/aromatic N) is 3. The number of rotatable bonds is 1. The quantitative estimate of drug-likeness (QED) is 0.688. The van der Waals surface area contributed by atoms with Crippen LogP contribution in [0.2, 0.25) is 0 Å². The molecule has 0 aromatic carbocycles. The van der Waals surface area contributed by atoms with Gasteiger partial charge in [0, 0.05) is 6.54 Å². The van der Waals surface area contributed by atoms with Crippen LogP contribution >= 0.6 is 11.6 Å². The van der Waals surface area contributed by atoms with E-state index < -0.39 is 0 Å². The first-order chi connectivity index (χ1) is 7.01. The van der Waals surface area contributed by atoms with E-state index in [1.165, 1.54) is 0 Å². The highest BCUT2D eigenvalue weighted by Crippen LogP contribution is 2.35. The lowest BCUT2D eigenvalue weighted by molar-refractivity contribution is 0.518. The minimum absolute atomic E-state index is 0.0377. The smallest absolute Gasteiger partial charge is 0.151 e. The van der Waals surface area contributed by atoms with Gasteiger partial charge in [-0.3, -0.25) is 0 Å². The van der Waals surface area contributed by atoms with Crippen LogP contribution in [-0.4, -0.2) is 27.7 Å². The number of hydrogen-bond donors (Lipinski definition) is 0. The third-order valence-electron chi connectivity index (χ3n) is 3.12. The zero-order chi connectivity index (χ0) is 11.1. The summed E-state index contributed by atoms with van der Waals surface area (Å²) in [6.45, 7) is 7.29. The molecule has 2 rings (SSSR count). The first-order valence-electron chi connectivity index (χ1n) is 5.23. The van der Waals surface area contributed by atoms with Crippen LogP contribution in [0.1, 0.15) is 25.8 Å². The van der Waals surface area contributed by atoms with Crippen LogP contribution in [0, 0.1) is 6.92 Å². The first kappa shape index (κ1) is 10.7. The van der Waals surface area contributed by atoms with Gasteiger partial charge in [0.05, 0.1) is 17.1 Å². The van der Waals surface area contributed by atoms with E-state index in [1.54, 1.807) is 6.20 Å². The van der Waals surface area contributed by atoms with Gasteiger partial charge in [0.25, 0.3) is 0 Å². The second-order valence-corrected chi connectivity index (χ2v) is 5.18. The maximum Gasteiger partial charge on any atom is 0.151 e. The van der Waals surface area contributed by atoms with Crippen LogP contribution in [0.25, 0.3) is 0 Å². The van der Waals surface area contributed by atoms with Crippen molar-refractivity contribution in [2.75, 3.05) is 11.4 Å². The lowest BCUT2D eigenvalue weighted by Crippen LogP contribution is -2.43. The van der Waals surface area contributed by atoms with E-state index in [0.717, 1.165) is 24.3 Å². The van der Waals surface area contributed by atoms with Gasteiger partial charge < -0.3 is 4.90 Å². The molecule has 0 saturated carbocycles. The Kier molecular flexibility index (Phi) is 2.59. The predicted molar refractivity (Wildman–Crippen MR) is 62.5 cm³/mol. The molecule has 1 aliphatic heterocycles.